The van der Waals surface area contributed by atoms with Gasteiger partial charge in [0.05, 0.1) is 12.1 Å². The summed E-state index contributed by atoms with van der Waals surface area (Å²) in [5.41, 5.74) is 0. The van der Waals surface area contributed by atoms with Crippen LogP contribution in [0.2, 0.25) is 0 Å². The first-order valence-corrected chi connectivity index (χ1v) is 8.89. The van der Waals surface area contributed by atoms with E-state index >= 15 is 0 Å². The highest BCUT2D eigenvalue weighted by atomic mass is 32.2. The van der Waals surface area contributed by atoms with Gasteiger partial charge in [0.15, 0.2) is 0 Å². The summed E-state index contributed by atoms with van der Waals surface area (Å²) in [4.78, 5) is 3.95. The van der Waals surface area contributed by atoms with Gasteiger partial charge in [-0.2, -0.15) is 0 Å². The van der Waals surface area contributed by atoms with Gasteiger partial charge in [0.25, 0.3) is 0 Å². The molecule has 0 aliphatic carbocycles. The van der Waals surface area contributed by atoms with Crippen molar-refractivity contribution in [1.82, 2.24) is 19.6 Å². The zero-order valence-corrected chi connectivity index (χ0v) is 12.8. The van der Waals surface area contributed by atoms with E-state index in [0.29, 0.717) is 19.0 Å². The molecule has 2 unspecified atom stereocenters. The number of nitrogens with zero attached hydrogens (tertiary/aromatic N) is 2. The Morgan fingerprint density at radius 1 is 1.50 bits per heavy atom. The van der Waals surface area contributed by atoms with Crippen molar-refractivity contribution in [2.75, 3.05) is 12.3 Å². The van der Waals surface area contributed by atoms with Crippen LogP contribution in [0.3, 0.4) is 0 Å². The van der Waals surface area contributed by atoms with Crippen molar-refractivity contribution in [2.45, 2.75) is 51.2 Å². The monoisotopic (exact) mass is 300 g/mol. The topological polar surface area (TPSA) is 76.0 Å². The molecule has 2 atom stereocenters. The predicted molar refractivity (Wildman–Crippen MR) is 78.9 cm³/mol. The van der Waals surface area contributed by atoms with Crippen LogP contribution < -0.4 is 10.0 Å². The van der Waals surface area contributed by atoms with Crippen LogP contribution in [-0.2, 0) is 16.6 Å². The number of piperidine rings is 1. The van der Waals surface area contributed by atoms with Crippen molar-refractivity contribution in [3.8, 4) is 0 Å². The molecule has 1 aromatic rings. The van der Waals surface area contributed by atoms with E-state index in [0.717, 1.165) is 13.0 Å². The Morgan fingerprint density at radius 2 is 2.35 bits per heavy atom. The first-order chi connectivity index (χ1) is 9.55. The molecule has 20 heavy (non-hydrogen) atoms. The summed E-state index contributed by atoms with van der Waals surface area (Å²) in [6.07, 6.45) is 9.38. The zero-order valence-electron chi connectivity index (χ0n) is 12.0. The molecule has 0 bridgehead atoms. The van der Waals surface area contributed by atoms with E-state index < -0.39 is 10.0 Å². The van der Waals surface area contributed by atoms with E-state index in [9.17, 15) is 8.42 Å². The number of imidazole rings is 1. The molecule has 0 amide bonds. The maximum absolute atomic E-state index is 12.0. The van der Waals surface area contributed by atoms with E-state index in [1.807, 2.05) is 17.7 Å². The molecule has 1 aliphatic rings. The van der Waals surface area contributed by atoms with E-state index in [2.05, 4.69) is 15.0 Å². The SMILES string of the molecule is CC(Cn1ccnc1)NS(=O)(=O)CCC1CCCCN1. The van der Waals surface area contributed by atoms with Crippen molar-refractivity contribution in [3.63, 3.8) is 0 Å². The van der Waals surface area contributed by atoms with Crippen LogP contribution >= 0.6 is 0 Å². The lowest BCUT2D eigenvalue weighted by atomic mass is 10.0. The molecular formula is C13H24N4O2S. The van der Waals surface area contributed by atoms with Gasteiger partial charge in [0.1, 0.15) is 0 Å². The number of sulfonamides is 1. The fourth-order valence-electron chi connectivity index (χ4n) is 2.58. The van der Waals surface area contributed by atoms with Gasteiger partial charge in [-0.15, -0.1) is 0 Å². The molecule has 1 aromatic heterocycles. The smallest absolute Gasteiger partial charge is 0.211 e. The Balaban J connectivity index is 1.74. The minimum absolute atomic E-state index is 0.131. The lowest BCUT2D eigenvalue weighted by Gasteiger charge is -2.23. The first kappa shape index (κ1) is 15.5. The average Bonchev–Trinajstić information content (AvgIpc) is 2.90. The maximum Gasteiger partial charge on any atom is 0.211 e. The summed E-state index contributed by atoms with van der Waals surface area (Å²) in [7, 11) is -3.21. The van der Waals surface area contributed by atoms with E-state index in [1.54, 1.807) is 12.5 Å². The highest BCUT2D eigenvalue weighted by molar-refractivity contribution is 7.89. The van der Waals surface area contributed by atoms with Crippen LogP contribution in [0.5, 0.6) is 0 Å². The average molecular weight is 300 g/mol. The molecule has 7 heteroatoms. The van der Waals surface area contributed by atoms with Gasteiger partial charge in [-0.25, -0.2) is 18.1 Å². The maximum atomic E-state index is 12.0. The third-order valence-corrected chi connectivity index (χ3v) is 5.11. The molecule has 1 fully saturated rings. The van der Waals surface area contributed by atoms with Crippen LogP contribution in [0.4, 0.5) is 0 Å². The number of hydrogen-bond acceptors (Lipinski definition) is 4. The molecule has 2 N–H and O–H groups in total. The molecule has 1 saturated heterocycles. The van der Waals surface area contributed by atoms with Crippen LogP contribution in [0.25, 0.3) is 0 Å². The summed E-state index contributed by atoms with van der Waals surface area (Å²) in [6.45, 7) is 3.48. The summed E-state index contributed by atoms with van der Waals surface area (Å²) in [6, 6.07) is 0.220. The van der Waals surface area contributed by atoms with Gasteiger partial charge in [0.2, 0.25) is 10.0 Å². The van der Waals surface area contributed by atoms with E-state index in [4.69, 9.17) is 0 Å². The number of hydrogen-bond donors (Lipinski definition) is 2. The zero-order chi connectivity index (χ0) is 14.4. The van der Waals surface area contributed by atoms with Crippen LogP contribution in [-0.4, -0.2) is 42.4 Å². The van der Waals surface area contributed by atoms with Crippen LogP contribution in [0, 0.1) is 0 Å². The third kappa shape index (κ3) is 5.22. The van der Waals surface area contributed by atoms with Crippen molar-refractivity contribution < 1.29 is 8.42 Å². The van der Waals surface area contributed by atoms with Crippen molar-refractivity contribution >= 4 is 10.0 Å². The molecule has 2 rings (SSSR count). The third-order valence-electron chi connectivity index (χ3n) is 3.57. The molecule has 0 radical (unpaired) electrons. The standard InChI is InChI=1S/C13H24N4O2S/c1-12(10-17-8-7-14-11-17)16-20(18,19)9-5-13-4-2-3-6-15-13/h7-8,11-13,15-16H,2-6,9-10H2,1H3. The quantitative estimate of drug-likeness (QED) is 0.778. The largest absolute Gasteiger partial charge is 0.336 e. The van der Waals surface area contributed by atoms with Gasteiger partial charge >= 0.3 is 0 Å². The Morgan fingerprint density at radius 3 is 3.00 bits per heavy atom. The fourth-order valence-corrected chi connectivity index (χ4v) is 3.98. The molecule has 6 nitrogen and oxygen atoms in total. The highest BCUT2D eigenvalue weighted by Gasteiger charge is 2.19. The predicted octanol–water partition coefficient (Wildman–Crippen LogP) is 0.723. The van der Waals surface area contributed by atoms with Crippen LogP contribution in [0.1, 0.15) is 32.6 Å². The lowest BCUT2D eigenvalue weighted by Crippen LogP contribution is -2.40. The summed E-state index contributed by atoms with van der Waals surface area (Å²) < 4.78 is 28.7. The molecule has 2 heterocycles. The summed E-state index contributed by atoms with van der Waals surface area (Å²) in [5.74, 6) is 0.193. The van der Waals surface area contributed by atoms with Gasteiger partial charge < -0.3 is 9.88 Å². The number of aromatic nitrogens is 2. The van der Waals surface area contributed by atoms with Crippen molar-refractivity contribution in [1.29, 1.82) is 0 Å². The Hall–Kier alpha value is -0.920. The highest BCUT2D eigenvalue weighted by Crippen LogP contribution is 2.11. The fraction of sp³-hybridized carbons (Fsp3) is 0.769. The van der Waals surface area contributed by atoms with Gasteiger partial charge in [-0.3, -0.25) is 0 Å². The van der Waals surface area contributed by atoms with E-state index in [1.165, 1.54) is 12.8 Å². The van der Waals surface area contributed by atoms with Crippen molar-refractivity contribution in [3.05, 3.63) is 18.7 Å². The van der Waals surface area contributed by atoms with Crippen LogP contribution in [0.15, 0.2) is 18.7 Å². The number of nitrogens with one attached hydrogen (secondary N) is 2. The molecule has 1 aliphatic heterocycles. The minimum atomic E-state index is -3.21. The lowest BCUT2D eigenvalue weighted by molar-refractivity contribution is 0.392. The van der Waals surface area contributed by atoms with E-state index in [-0.39, 0.29) is 11.8 Å². The van der Waals surface area contributed by atoms with Crippen molar-refractivity contribution in [2.24, 2.45) is 0 Å². The summed E-state index contributed by atoms with van der Waals surface area (Å²) in [5, 5.41) is 3.38. The normalized spacial score (nSPS) is 21.8. The molecule has 0 spiro atoms. The first-order valence-electron chi connectivity index (χ1n) is 7.24. The Bertz CT molecular complexity index is 480. The second-order valence-electron chi connectivity index (χ2n) is 5.53. The van der Waals surface area contributed by atoms with Gasteiger partial charge in [0, 0.05) is 31.0 Å². The number of rotatable bonds is 7. The Labute approximate surface area is 121 Å². The van der Waals surface area contributed by atoms with Gasteiger partial charge in [-0.1, -0.05) is 6.42 Å². The molecule has 0 saturated carbocycles. The second-order valence-corrected chi connectivity index (χ2v) is 7.41. The molecule has 114 valence electrons. The Kier molecular flexibility index (Phi) is 5.56. The molecular weight excluding hydrogens is 276 g/mol. The minimum Gasteiger partial charge on any atom is -0.336 e. The summed E-state index contributed by atoms with van der Waals surface area (Å²) >= 11 is 0. The molecule has 0 aromatic carbocycles. The second kappa shape index (κ2) is 7.19. The van der Waals surface area contributed by atoms with Gasteiger partial charge in [-0.05, 0) is 32.7 Å².